The second-order valence-electron chi connectivity index (χ2n) is 6.57. The highest BCUT2D eigenvalue weighted by Crippen LogP contribution is 2.24. The van der Waals surface area contributed by atoms with Crippen LogP contribution in [0.15, 0.2) is 18.2 Å². The minimum Gasteiger partial charge on any atom is -0.342 e. The molecule has 0 saturated carbocycles. The molecule has 2 aliphatic heterocycles. The molecule has 1 aromatic carbocycles. The summed E-state index contributed by atoms with van der Waals surface area (Å²) >= 11 is 0. The fraction of sp³-hybridized carbons (Fsp3) is 0.529. The molecule has 6 heteroatoms. The number of carbonyl (C=O) groups is 2. The van der Waals surface area contributed by atoms with Crippen LogP contribution < -0.4 is 0 Å². The van der Waals surface area contributed by atoms with E-state index in [-0.39, 0.29) is 23.3 Å². The third-order valence-electron chi connectivity index (χ3n) is 4.65. The minimum atomic E-state index is -1.04. The summed E-state index contributed by atoms with van der Waals surface area (Å²) in [5.74, 6) is -1.92. The smallest absolute Gasteiger partial charge is 0.254 e. The van der Waals surface area contributed by atoms with Gasteiger partial charge in [0.1, 0.15) is 0 Å². The van der Waals surface area contributed by atoms with Crippen molar-refractivity contribution in [2.75, 3.05) is 26.2 Å². The van der Waals surface area contributed by atoms with E-state index in [1.807, 2.05) is 4.90 Å². The molecule has 2 fully saturated rings. The average Bonchev–Trinajstić information content (AvgIpc) is 2.48. The number of carbonyl (C=O) groups excluding carboxylic acids is 2. The Morgan fingerprint density at radius 3 is 2.48 bits per heavy atom. The normalized spacial score (nSPS) is 22.0. The fourth-order valence-electron chi connectivity index (χ4n) is 3.26. The summed E-state index contributed by atoms with van der Waals surface area (Å²) in [6.07, 6.45) is 2.17. The van der Waals surface area contributed by atoms with E-state index in [2.05, 4.69) is 6.92 Å². The van der Waals surface area contributed by atoms with Crippen LogP contribution in [0.4, 0.5) is 8.78 Å². The van der Waals surface area contributed by atoms with Gasteiger partial charge in [-0.25, -0.2) is 8.78 Å². The molecule has 2 heterocycles. The number of hydrogen-bond acceptors (Lipinski definition) is 2. The quantitative estimate of drug-likeness (QED) is 0.838. The van der Waals surface area contributed by atoms with E-state index in [0.29, 0.717) is 19.0 Å². The van der Waals surface area contributed by atoms with E-state index in [4.69, 9.17) is 0 Å². The highest BCUT2D eigenvalue weighted by molar-refractivity contribution is 5.96. The van der Waals surface area contributed by atoms with Gasteiger partial charge in [-0.05, 0) is 37.0 Å². The van der Waals surface area contributed by atoms with Crippen LogP contribution in [0.3, 0.4) is 0 Å². The lowest BCUT2D eigenvalue weighted by atomic mass is 9.94. The molecule has 124 valence electrons. The van der Waals surface area contributed by atoms with Crippen molar-refractivity contribution in [1.29, 1.82) is 0 Å². The molecule has 1 atom stereocenters. The Balaban J connectivity index is 1.56. The summed E-state index contributed by atoms with van der Waals surface area (Å²) in [5.41, 5.74) is 0.112. The van der Waals surface area contributed by atoms with Gasteiger partial charge in [0.15, 0.2) is 11.6 Å². The third-order valence-corrected chi connectivity index (χ3v) is 4.65. The number of piperidine rings is 1. The van der Waals surface area contributed by atoms with Gasteiger partial charge in [-0.15, -0.1) is 0 Å². The molecule has 2 aliphatic rings. The van der Waals surface area contributed by atoms with Gasteiger partial charge in [-0.3, -0.25) is 9.59 Å². The first kappa shape index (κ1) is 15.9. The van der Waals surface area contributed by atoms with E-state index in [1.165, 1.54) is 11.0 Å². The molecule has 0 bridgehead atoms. The SMILES string of the molecule is CC1CCCN(C(=O)C2CN(C(=O)c3ccc(F)c(F)c3)C2)C1. The second-order valence-corrected chi connectivity index (χ2v) is 6.57. The average molecular weight is 322 g/mol. The molecule has 0 aromatic heterocycles. The largest absolute Gasteiger partial charge is 0.342 e. The van der Waals surface area contributed by atoms with Crippen molar-refractivity contribution >= 4 is 11.8 Å². The Hall–Kier alpha value is -1.98. The van der Waals surface area contributed by atoms with E-state index < -0.39 is 11.6 Å². The van der Waals surface area contributed by atoms with E-state index in [0.717, 1.165) is 38.1 Å². The number of benzene rings is 1. The van der Waals surface area contributed by atoms with Crippen LogP contribution >= 0.6 is 0 Å². The maximum Gasteiger partial charge on any atom is 0.254 e. The van der Waals surface area contributed by atoms with Crippen molar-refractivity contribution in [3.8, 4) is 0 Å². The standard InChI is InChI=1S/C17H20F2N2O2/c1-11-3-2-6-20(8-11)17(23)13-9-21(10-13)16(22)12-4-5-14(18)15(19)7-12/h4-5,7,11,13H,2-3,6,8-10H2,1H3. The van der Waals surface area contributed by atoms with Gasteiger partial charge in [0.25, 0.3) is 5.91 Å². The first-order chi connectivity index (χ1) is 11.0. The molecule has 4 nitrogen and oxygen atoms in total. The zero-order valence-corrected chi connectivity index (χ0v) is 13.1. The van der Waals surface area contributed by atoms with Crippen molar-refractivity contribution in [1.82, 2.24) is 9.80 Å². The maximum absolute atomic E-state index is 13.2. The van der Waals surface area contributed by atoms with Crippen LogP contribution in [0.1, 0.15) is 30.1 Å². The molecule has 23 heavy (non-hydrogen) atoms. The topological polar surface area (TPSA) is 40.6 Å². The number of nitrogens with zero attached hydrogens (tertiary/aromatic N) is 2. The van der Waals surface area contributed by atoms with Gasteiger partial charge in [0.2, 0.25) is 5.91 Å². The van der Waals surface area contributed by atoms with Crippen LogP contribution in [0.2, 0.25) is 0 Å². The molecule has 0 N–H and O–H groups in total. The van der Waals surface area contributed by atoms with Crippen molar-refractivity contribution in [3.05, 3.63) is 35.4 Å². The molecule has 1 aromatic rings. The fourth-order valence-corrected chi connectivity index (χ4v) is 3.26. The Morgan fingerprint density at radius 2 is 1.83 bits per heavy atom. The molecule has 3 rings (SSSR count). The lowest BCUT2D eigenvalue weighted by Crippen LogP contribution is -2.57. The first-order valence-electron chi connectivity index (χ1n) is 7.99. The van der Waals surface area contributed by atoms with Gasteiger partial charge in [0.05, 0.1) is 5.92 Å². The molecule has 0 spiro atoms. The summed E-state index contributed by atoms with van der Waals surface area (Å²) in [6, 6.07) is 3.11. The number of likely N-dealkylation sites (tertiary alicyclic amines) is 2. The summed E-state index contributed by atoms with van der Waals surface area (Å²) in [5, 5.41) is 0. The van der Waals surface area contributed by atoms with Gasteiger partial charge in [0, 0.05) is 31.7 Å². The van der Waals surface area contributed by atoms with Gasteiger partial charge < -0.3 is 9.80 Å². The van der Waals surface area contributed by atoms with Crippen molar-refractivity contribution in [2.45, 2.75) is 19.8 Å². The first-order valence-corrected chi connectivity index (χ1v) is 7.99. The highest BCUT2D eigenvalue weighted by Gasteiger charge is 2.39. The summed E-state index contributed by atoms with van der Waals surface area (Å²) in [7, 11) is 0. The van der Waals surface area contributed by atoms with E-state index >= 15 is 0 Å². The van der Waals surface area contributed by atoms with Crippen LogP contribution in [-0.2, 0) is 4.79 Å². The Bertz CT molecular complexity index is 629. The second kappa shape index (κ2) is 6.26. The van der Waals surface area contributed by atoms with Gasteiger partial charge in [-0.1, -0.05) is 6.92 Å². The Kier molecular flexibility index (Phi) is 4.33. The summed E-state index contributed by atoms with van der Waals surface area (Å²) in [4.78, 5) is 28.0. The number of amides is 2. The number of hydrogen-bond donors (Lipinski definition) is 0. The number of halogens is 2. The third kappa shape index (κ3) is 3.21. The lowest BCUT2D eigenvalue weighted by Gasteiger charge is -2.42. The maximum atomic E-state index is 13.2. The molecular weight excluding hydrogens is 302 g/mol. The van der Waals surface area contributed by atoms with Crippen LogP contribution in [-0.4, -0.2) is 47.8 Å². The van der Waals surface area contributed by atoms with E-state index in [1.54, 1.807) is 0 Å². The number of rotatable bonds is 2. The predicted molar refractivity (Wildman–Crippen MR) is 80.7 cm³/mol. The molecular formula is C17H20F2N2O2. The van der Waals surface area contributed by atoms with Crippen LogP contribution in [0.5, 0.6) is 0 Å². The molecule has 0 aliphatic carbocycles. The monoisotopic (exact) mass is 322 g/mol. The van der Waals surface area contributed by atoms with E-state index in [9.17, 15) is 18.4 Å². The predicted octanol–water partition coefficient (Wildman–Crippen LogP) is 2.30. The summed E-state index contributed by atoms with van der Waals surface area (Å²) < 4.78 is 26.1. The molecule has 2 amide bonds. The Morgan fingerprint density at radius 1 is 1.09 bits per heavy atom. The molecule has 0 radical (unpaired) electrons. The van der Waals surface area contributed by atoms with Gasteiger partial charge >= 0.3 is 0 Å². The zero-order chi connectivity index (χ0) is 16.6. The molecule has 2 saturated heterocycles. The lowest BCUT2D eigenvalue weighted by molar-refractivity contribution is -0.141. The summed E-state index contributed by atoms with van der Waals surface area (Å²) in [6.45, 7) is 4.41. The van der Waals surface area contributed by atoms with Crippen LogP contribution in [0.25, 0.3) is 0 Å². The van der Waals surface area contributed by atoms with Crippen molar-refractivity contribution in [3.63, 3.8) is 0 Å². The highest BCUT2D eigenvalue weighted by atomic mass is 19.2. The molecule has 1 unspecified atom stereocenters. The zero-order valence-electron chi connectivity index (χ0n) is 13.1. The Labute approximate surface area is 134 Å². The van der Waals surface area contributed by atoms with Gasteiger partial charge in [-0.2, -0.15) is 0 Å². The van der Waals surface area contributed by atoms with Crippen molar-refractivity contribution in [2.24, 2.45) is 11.8 Å². The van der Waals surface area contributed by atoms with Crippen LogP contribution in [0, 0.1) is 23.5 Å². The van der Waals surface area contributed by atoms with Crippen molar-refractivity contribution < 1.29 is 18.4 Å². The minimum absolute atomic E-state index is 0.103.